The van der Waals surface area contributed by atoms with Crippen LogP contribution in [0, 0.1) is 0 Å². The van der Waals surface area contributed by atoms with Gasteiger partial charge in [-0.25, -0.2) is 4.79 Å². The molecule has 0 unspecified atom stereocenters. The summed E-state index contributed by atoms with van der Waals surface area (Å²) in [5, 5.41) is 8.75. The number of aromatic carboxylic acids is 1. The Bertz CT molecular complexity index is 345. The Morgan fingerprint density at radius 3 is 2.25 bits per heavy atom. The lowest BCUT2D eigenvalue weighted by Gasteiger charge is -2.11. The molecule has 1 aliphatic rings. The minimum atomic E-state index is -0.852. The van der Waals surface area contributed by atoms with Crippen molar-refractivity contribution in [2.75, 3.05) is 13.1 Å². The number of quaternary nitrogens is 1. The number of carboxylic acids is 1. The summed E-state index contributed by atoms with van der Waals surface area (Å²) in [5.41, 5.74) is 1.60. The molecule has 1 aromatic rings. The van der Waals surface area contributed by atoms with Crippen molar-refractivity contribution < 1.29 is 31.8 Å². The quantitative estimate of drug-likeness (QED) is 0.649. The van der Waals surface area contributed by atoms with Gasteiger partial charge in [-0.2, -0.15) is 0 Å². The van der Waals surface area contributed by atoms with Gasteiger partial charge in [0.1, 0.15) is 6.54 Å². The van der Waals surface area contributed by atoms with Crippen molar-refractivity contribution in [2.45, 2.75) is 19.4 Å². The highest BCUT2D eigenvalue weighted by Crippen LogP contribution is 2.03. The number of hydrogen-bond donors (Lipinski definition) is 2. The molecule has 0 atom stereocenters. The van der Waals surface area contributed by atoms with Crippen LogP contribution in [0.2, 0.25) is 0 Å². The highest BCUT2D eigenvalue weighted by atomic mass is 79.9. The Balaban J connectivity index is 0.00000128. The molecule has 2 N–H and O–H groups in total. The van der Waals surface area contributed by atoms with E-state index in [-0.39, 0.29) is 17.0 Å². The minimum Gasteiger partial charge on any atom is -1.00 e. The molecule has 2 rings (SSSR count). The van der Waals surface area contributed by atoms with Crippen LogP contribution in [0.4, 0.5) is 0 Å². The smallest absolute Gasteiger partial charge is 0.335 e. The maximum Gasteiger partial charge on any atom is 0.335 e. The van der Waals surface area contributed by atoms with Crippen LogP contribution in [-0.2, 0) is 6.54 Å². The molecule has 1 aromatic carbocycles. The van der Waals surface area contributed by atoms with Crippen molar-refractivity contribution in [1.29, 1.82) is 0 Å². The van der Waals surface area contributed by atoms with E-state index in [9.17, 15) is 4.79 Å². The van der Waals surface area contributed by atoms with Crippen molar-refractivity contribution in [3.05, 3.63) is 35.4 Å². The second-order valence-electron chi connectivity index (χ2n) is 4.14. The summed E-state index contributed by atoms with van der Waals surface area (Å²) in [7, 11) is 0. The molecular weight excluding hydrogens is 270 g/mol. The maximum atomic E-state index is 10.7. The van der Waals surface area contributed by atoms with Crippen LogP contribution in [0.3, 0.4) is 0 Å². The minimum absolute atomic E-state index is 0. The van der Waals surface area contributed by atoms with Crippen molar-refractivity contribution in [1.82, 2.24) is 0 Å². The number of halogens is 1. The molecule has 0 bridgehead atoms. The average Bonchev–Trinajstić information content (AvgIpc) is 2.71. The molecule has 1 saturated heterocycles. The van der Waals surface area contributed by atoms with E-state index in [1.165, 1.54) is 31.5 Å². The maximum absolute atomic E-state index is 10.7. The molecule has 16 heavy (non-hydrogen) atoms. The summed E-state index contributed by atoms with van der Waals surface area (Å²) < 4.78 is 0. The molecule has 0 aromatic heterocycles. The number of nitrogens with one attached hydrogen (secondary N) is 1. The van der Waals surface area contributed by atoms with Crippen LogP contribution in [-0.4, -0.2) is 24.2 Å². The van der Waals surface area contributed by atoms with Crippen molar-refractivity contribution >= 4 is 5.97 Å². The van der Waals surface area contributed by atoms with Crippen molar-refractivity contribution in [3.8, 4) is 0 Å². The van der Waals surface area contributed by atoms with Gasteiger partial charge < -0.3 is 27.0 Å². The molecule has 1 heterocycles. The zero-order chi connectivity index (χ0) is 10.7. The van der Waals surface area contributed by atoms with Crippen LogP contribution >= 0.6 is 0 Å². The van der Waals surface area contributed by atoms with Gasteiger partial charge in [-0.1, -0.05) is 12.1 Å². The SMILES string of the molecule is O=C(O)c1ccc(C[NH+]2CCCC2)cc1.[Br-]. The zero-order valence-corrected chi connectivity index (χ0v) is 10.7. The van der Waals surface area contributed by atoms with E-state index in [0.717, 1.165) is 6.54 Å². The monoisotopic (exact) mass is 285 g/mol. The molecule has 1 aliphatic heterocycles. The van der Waals surface area contributed by atoms with Gasteiger partial charge in [0.15, 0.2) is 0 Å². The van der Waals surface area contributed by atoms with Gasteiger partial charge in [-0.3, -0.25) is 0 Å². The summed E-state index contributed by atoms with van der Waals surface area (Å²) >= 11 is 0. The first-order valence-electron chi connectivity index (χ1n) is 5.41. The van der Waals surface area contributed by atoms with Crippen molar-refractivity contribution in [3.63, 3.8) is 0 Å². The van der Waals surface area contributed by atoms with Gasteiger partial charge in [-0.05, 0) is 12.1 Å². The summed E-state index contributed by atoms with van der Waals surface area (Å²) in [6.45, 7) is 3.53. The van der Waals surface area contributed by atoms with E-state index in [2.05, 4.69) is 0 Å². The molecule has 0 saturated carbocycles. The van der Waals surface area contributed by atoms with Crippen LogP contribution in [0.1, 0.15) is 28.8 Å². The molecule has 1 fully saturated rings. The molecule has 4 heteroatoms. The number of hydrogen-bond acceptors (Lipinski definition) is 1. The predicted molar refractivity (Wildman–Crippen MR) is 57.0 cm³/mol. The number of likely N-dealkylation sites (tertiary alicyclic amines) is 1. The Kier molecular flexibility index (Phi) is 4.96. The molecule has 0 spiro atoms. The van der Waals surface area contributed by atoms with E-state index in [1.54, 1.807) is 17.0 Å². The first-order chi connectivity index (χ1) is 7.25. The standard InChI is InChI=1S/C12H15NO2.BrH/c14-12(15)11-5-3-10(4-6-11)9-13-7-1-2-8-13;/h3-6H,1-2,7-9H2,(H,14,15);1H. The summed E-state index contributed by atoms with van der Waals surface area (Å²) in [6.07, 6.45) is 2.64. The lowest BCUT2D eigenvalue weighted by atomic mass is 10.1. The average molecular weight is 286 g/mol. The number of carbonyl (C=O) groups is 1. The van der Waals surface area contributed by atoms with Gasteiger partial charge >= 0.3 is 5.97 Å². The molecule has 0 amide bonds. The summed E-state index contributed by atoms with van der Waals surface area (Å²) in [6, 6.07) is 7.23. The third-order valence-corrected chi connectivity index (χ3v) is 2.97. The van der Waals surface area contributed by atoms with E-state index >= 15 is 0 Å². The third-order valence-electron chi connectivity index (χ3n) is 2.97. The predicted octanol–water partition coefficient (Wildman–Crippen LogP) is -2.43. The lowest BCUT2D eigenvalue weighted by molar-refractivity contribution is -0.901. The van der Waals surface area contributed by atoms with Gasteiger partial charge in [0, 0.05) is 18.4 Å². The van der Waals surface area contributed by atoms with Crippen LogP contribution in [0.15, 0.2) is 24.3 Å². The first kappa shape index (κ1) is 13.2. The summed E-state index contributed by atoms with van der Waals surface area (Å²) in [5.74, 6) is -0.852. The zero-order valence-electron chi connectivity index (χ0n) is 9.08. The van der Waals surface area contributed by atoms with Gasteiger partial charge in [-0.15, -0.1) is 0 Å². The number of carboxylic acid groups (broad SMARTS) is 1. The highest BCUT2D eigenvalue weighted by molar-refractivity contribution is 5.87. The first-order valence-corrected chi connectivity index (χ1v) is 5.41. The fourth-order valence-corrected chi connectivity index (χ4v) is 2.11. The lowest BCUT2D eigenvalue weighted by Crippen LogP contribution is -3.08. The second-order valence-corrected chi connectivity index (χ2v) is 4.14. The van der Waals surface area contributed by atoms with E-state index in [0.29, 0.717) is 5.56 Å². The molecule has 0 radical (unpaired) electrons. The Hall–Kier alpha value is -0.870. The fourth-order valence-electron chi connectivity index (χ4n) is 2.11. The number of rotatable bonds is 3. The largest absolute Gasteiger partial charge is 1.00 e. The van der Waals surface area contributed by atoms with Gasteiger partial charge in [0.2, 0.25) is 0 Å². The fraction of sp³-hybridized carbons (Fsp3) is 0.417. The Labute approximate surface area is 106 Å². The molecule has 88 valence electrons. The van der Waals surface area contributed by atoms with Gasteiger partial charge in [0.05, 0.1) is 18.7 Å². The van der Waals surface area contributed by atoms with Crippen molar-refractivity contribution in [2.24, 2.45) is 0 Å². The summed E-state index contributed by atoms with van der Waals surface area (Å²) in [4.78, 5) is 12.3. The van der Waals surface area contributed by atoms with E-state index in [1.807, 2.05) is 12.1 Å². The Morgan fingerprint density at radius 2 is 1.75 bits per heavy atom. The molecule has 3 nitrogen and oxygen atoms in total. The van der Waals surface area contributed by atoms with Crippen LogP contribution < -0.4 is 21.9 Å². The molecule has 0 aliphatic carbocycles. The van der Waals surface area contributed by atoms with E-state index in [4.69, 9.17) is 5.11 Å². The van der Waals surface area contributed by atoms with Crippen LogP contribution in [0.5, 0.6) is 0 Å². The normalized spacial score (nSPS) is 15.8. The second kappa shape index (κ2) is 6.01. The third kappa shape index (κ3) is 3.32. The van der Waals surface area contributed by atoms with Crippen LogP contribution in [0.25, 0.3) is 0 Å². The van der Waals surface area contributed by atoms with Gasteiger partial charge in [0.25, 0.3) is 0 Å². The topological polar surface area (TPSA) is 41.7 Å². The molecular formula is C12H16BrNO2. The number of benzene rings is 1. The Morgan fingerprint density at radius 1 is 1.19 bits per heavy atom. The highest BCUT2D eigenvalue weighted by Gasteiger charge is 2.15. The van der Waals surface area contributed by atoms with E-state index < -0.39 is 5.97 Å².